The van der Waals surface area contributed by atoms with Crippen LogP contribution in [0.4, 0.5) is 5.69 Å². The van der Waals surface area contributed by atoms with Crippen molar-refractivity contribution < 1.29 is 24.0 Å². The Bertz CT molecular complexity index is 690. The lowest BCUT2D eigenvalue weighted by Crippen LogP contribution is -2.26. The largest absolute Gasteiger partial charge is 0.466 e. The fourth-order valence-corrected chi connectivity index (χ4v) is 2.38. The summed E-state index contributed by atoms with van der Waals surface area (Å²) in [6.45, 7) is 0. The summed E-state index contributed by atoms with van der Waals surface area (Å²) in [6.07, 6.45) is 2.69. The average Bonchev–Trinajstić information content (AvgIpc) is 2.59. The first-order valence-corrected chi connectivity index (χ1v) is 6.57. The zero-order chi connectivity index (χ0) is 17.0. The van der Waals surface area contributed by atoms with Gasteiger partial charge in [0.25, 0.3) is 5.69 Å². The number of nitro groups is 1. The Morgan fingerprint density at radius 2 is 1.61 bits per heavy atom. The molecule has 1 heterocycles. The Kier molecular flexibility index (Phi) is 4.75. The summed E-state index contributed by atoms with van der Waals surface area (Å²) >= 11 is 0. The molecule has 0 saturated heterocycles. The molecule has 0 radical (unpaired) electrons. The molecule has 2 rings (SSSR count). The number of methoxy groups -OCH3 is 2. The van der Waals surface area contributed by atoms with Crippen molar-refractivity contribution in [2.75, 3.05) is 14.2 Å². The van der Waals surface area contributed by atoms with E-state index in [1.165, 1.54) is 44.8 Å². The monoisotopic (exact) mass is 318 g/mol. The summed E-state index contributed by atoms with van der Waals surface area (Å²) in [5, 5.41) is 13.9. The van der Waals surface area contributed by atoms with Crippen LogP contribution >= 0.6 is 0 Å². The molecular weight excluding hydrogens is 304 g/mol. The molecule has 1 aliphatic rings. The van der Waals surface area contributed by atoms with Crippen LogP contribution in [0.15, 0.2) is 47.8 Å². The van der Waals surface area contributed by atoms with Crippen LogP contribution in [0.25, 0.3) is 0 Å². The molecule has 0 fully saturated rings. The number of rotatable bonds is 4. The Morgan fingerprint density at radius 1 is 1.09 bits per heavy atom. The van der Waals surface area contributed by atoms with E-state index in [1.807, 2.05) is 0 Å². The molecule has 0 unspecified atom stereocenters. The molecule has 0 spiro atoms. The third-order valence-corrected chi connectivity index (χ3v) is 3.39. The Balaban J connectivity index is 2.64. The standard InChI is InChI=1S/C15H14N2O6/c1-22-14(18)10-7-16-8-11(15(19)23-2)13(10)9-5-3-4-6-12(9)17(20)21/h3-8,13,16H,1-2H3. The van der Waals surface area contributed by atoms with Crippen molar-refractivity contribution in [2.24, 2.45) is 0 Å². The second-order valence-electron chi connectivity index (χ2n) is 4.60. The number of nitrogens with zero attached hydrogens (tertiary/aromatic N) is 1. The minimum absolute atomic E-state index is 0.0738. The molecule has 0 aromatic heterocycles. The first-order chi connectivity index (χ1) is 11.0. The minimum atomic E-state index is -0.960. The molecule has 8 heteroatoms. The van der Waals surface area contributed by atoms with Crippen molar-refractivity contribution in [2.45, 2.75) is 5.92 Å². The van der Waals surface area contributed by atoms with Gasteiger partial charge in [-0.05, 0) is 0 Å². The lowest BCUT2D eigenvalue weighted by Gasteiger charge is -2.24. The van der Waals surface area contributed by atoms with E-state index in [0.29, 0.717) is 0 Å². The first kappa shape index (κ1) is 16.2. The van der Waals surface area contributed by atoms with Gasteiger partial charge in [-0.25, -0.2) is 9.59 Å². The van der Waals surface area contributed by atoms with Crippen LogP contribution in [-0.2, 0) is 19.1 Å². The highest BCUT2D eigenvalue weighted by Crippen LogP contribution is 2.39. The van der Waals surface area contributed by atoms with E-state index in [4.69, 9.17) is 9.47 Å². The van der Waals surface area contributed by atoms with Crippen molar-refractivity contribution in [3.8, 4) is 0 Å². The fourth-order valence-electron chi connectivity index (χ4n) is 2.38. The second-order valence-corrected chi connectivity index (χ2v) is 4.60. The molecule has 8 nitrogen and oxygen atoms in total. The maximum absolute atomic E-state index is 12.0. The predicted molar refractivity (Wildman–Crippen MR) is 79.2 cm³/mol. The summed E-state index contributed by atoms with van der Waals surface area (Å²) in [7, 11) is 2.38. The van der Waals surface area contributed by atoms with Crippen molar-refractivity contribution in [1.82, 2.24) is 5.32 Å². The highest BCUT2D eigenvalue weighted by atomic mass is 16.6. The third-order valence-electron chi connectivity index (χ3n) is 3.39. The van der Waals surface area contributed by atoms with Gasteiger partial charge in [0.05, 0.1) is 36.2 Å². The third kappa shape index (κ3) is 3.05. The molecule has 0 saturated carbocycles. The number of nitrogens with one attached hydrogen (secondary N) is 1. The molecule has 1 N–H and O–H groups in total. The molecule has 1 aliphatic heterocycles. The van der Waals surface area contributed by atoms with E-state index < -0.39 is 22.8 Å². The number of esters is 2. The van der Waals surface area contributed by atoms with E-state index in [2.05, 4.69) is 5.32 Å². The summed E-state index contributed by atoms with van der Waals surface area (Å²) in [5.74, 6) is -2.36. The van der Waals surface area contributed by atoms with Gasteiger partial charge in [-0.1, -0.05) is 18.2 Å². The maximum Gasteiger partial charge on any atom is 0.336 e. The van der Waals surface area contributed by atoms with E-state index in [0.717, 1.165) is 0 Å². The molecule has 120 valence electrons. The lowest BCUT2D eigenvalue weighted by molar-refractivity contribution is -0.385. The maximum atomic E-state index is 12.0. The number of para-hydroxylation sites is 1. The molecule has 0 bridgehead atoms. The van der Waals surface area contributed by atoms with Gasteiger partial charge in [-0.3, -0.25) is 10.1 Å². The van der Waals surface area contributed by atoms with Crippen LogP contribution in [-0.4, -0.2) is 31.1 Å². The lowest BCUT2D eigenvalue weighted by atomic mass is 9.83. The molecule has 0 aliphatic carbocycles. The van der Waals surface area contributed by atoms with E-state index in [-0.39, 0.29) is 22.4 Å². The van der Waals surface area contributed by atoms with Crippen molar-refractivity contribution in [3.63, 3.8) is 0 Å². The van der Waals surface area contributed by atoms with E-state index >= 15 is 0 Å². The smallest absolute Gasteiger partial charge is 0.336 e. The molecule has 1 aromatic carbocycles. The Labute approximate surface area is 131 Å². The minimum Gasteiger partial charge on any atom is -0.466 e. The summed E-state index contributed by atoms with van der Waals surface area (Å²) in [6, 6.07) is 5.89. The molecule has 0 atom stereocenters. The molecule has 0 amide bonds. The summed E-state index contributed by atoms with van der Waals surface area (Å²) in [5.41, 5.74) is 0.144. The van der Waals surface area contributed by atoms with Crippen LogP contribution in [0, 0.1) is 10.1 Å². The van der Waals surface area contributed by atoms with Crippen LogP contribution in [0.2, 0.25) is 0 Å². The highest BCUT2D eigenvalue weighted by molar-refractivity contribution is 5.99. The molecule has 23 heavy (non-hydrogen) atoms. The molecular formula is C15H14N2O6. The van der Waals surface area contributed by atoms with Crippen molar-refractivity contribution >= 4 is 17.6 Å². The topological polar surface area (TPSA) is 108 Å². The number of hydrogen-bond acceptors (Lipinski definition) is 7. The zero-order valence-electron chi connectivity index (χ0n) is 12.4. The number of ether oxygens (including phenoxy) is 2. The number of benzene rings is 1. The van der Waals surface area contributed by atoms with Gasteiger partial charge >= 0.3 is 11.9 Å². The summed E-state index contributed by atoms with van der Waals surface area (Å²) in [4.78, 5) is 34.7. The Hall–Kier alpha value is -3.16. The van der Waals surface area contributed by atoms with Gasteiger partial charge in [-0.15, -0.1) is 0 Å². The average molecular weight is 318 g/mol. The van der Waals surface area contributed by atoms with E-state index in [9.17, 15) is 19.7 Å². The number of hydrogen-bond donors (Lipinski definition) is 1. The van der Waals surface area contributed by atoms with Gasteiger partial charge in [0, 0.05) is 24.0 Å². The van der Waals surface area contributed by atoms with Gasteiger partial charge in [0.1, 0.15) is 0 Å². The zero-order valence-corrected chi connectivity index (χ0v) is 12.4. The van der Waals surface area contributed by atoms with Gasteiger partial charge < -0.3 is 14.8 Å². The quantitative estimate of drug-likeness (QED) is 0.508. The number of carbonyl (C=O) groups is 2. The Morgan fingerprint density at radius 3 is 2.09 bits per heavy atom. The van der Waals surface area contributed by atoms with Gasteiger partial charge in [0.2, 0.25) is 0 Å². The van der Waals surface area contributed by atoms with Crippen LogP contribution in [0.5, 0.6) is 0 Å². The molecule has 1 aromatic rings. The number of nitro benzene ring substituents is 1. The van der Waals surface area contributed by atoms with Crippen molar-refractivity contribution in [3.05, 3.63) is 63.5 Å². The van der Waals surface area contributed by atoms with Crippen LogP contribution < -0.4 is 5.32 Å². The fraction of sp³-hybridized carbons (Fsp3) is 0.200. The first-order valence-electron chi connectivity index (χ1n) is 6.57. The second kappa shape index (κ2) is 6.73. The predicted octanol–water partition coefficient (Wildman–Crippen LogP) is 1.40. The number of dihydropyridines is 1. The van der Waals surface area contributed by atoms with Gasteiger partial charge in [-0.2, -0.15) is 0 Å². The van der Waals surface area contributed by atoms with Crippen LogP contribution in [0.3, 0.4) is 0 Å². The van der Waals surface area contributed by atoms with Crippen LogP contribution in [0.1, 0.15) is 11.5 Å². The van der Waals surface area contributed by atoms with Gasteiger partial charge in [0.15, 0.2) is 0 Å². The number of carbonyl (C=O) groups excluding carboxylic acids is 2. The highest BCUT2D eigenvalue weighted by Gasteiger charge is 2.37. The summed E-state index contributed by atoms with van der Waals surface area (Å²) < 4.78 is 9.41. The SMILES string of the molecule is COC(=O)C1=CNC=C(C(=O)OC)C1c1ccccc1[N+](=O)[O-]. The normalized spacial score (nSPS) is 14.2. The van der Waals surface area contributed by atoms with Crippen molar-refractivity contribution in [1.29, 1.82) is 0 Å². The van der Waals surface area contributed by atoms with E-state index in [1.54, 1.807) is 6.07 Å².